The van der Waals surface area contributed by atoms with E-state index in [0.29, 0.717) is 13.0 Å². The standard InChI is InChI=1S/C19H26O3/c1-4-5-7-12-16(20)19(2,3)17-13-14-21-18(22-17)15-10-8-6-9-11-15/h4-6,8-11,17-18H,7,12-14H2,1-3H3/t17-,18?/m0/s1. The van der Waals surface area contributed by atoms with Crippen molar-refractivity contribution in [2.24, 2.45) is 5.41 Å². The molecule has 0 spiro atoms. The maximum Gasteiger partial charge on any atom is 0.184 e. The Balaban J connectivity index is 2.02. The van der Waals surface area contributed by atoms with Crippen LogP contribution in [0.5, 0.6) is 0 Å². The van der Waals surface area contributed by atoms with E-state index >= 15 is 0 Å². The number of carbonyl (C=O) groups is 1. The second-order valence-electron chi connectivity index (χ2n) is 6.28. The Kier molecular flexibility index (Phi) is 5.92. The second kappa shape index (κ2) is 7.70. The lowest BCUT2D eigenvalue weighted by Crippen LogP contribution is -2.43. The van der Waals surface area contributed by atoms with E-state index in [4.69, 9.17) is 9.47 Å². The van der Waals surface area contributed by atoms with Crippen molar-refractivity contribution in [2.45, 2.75) is 52.4 Å². The van der Waals surface area contributed by atoms with E-state index in [9.17, 15) is 4.79 Å². The summed E-state index contributed by atoms with van der Waals surface area (Å²) in [5.41, 5.74) is 0.516. The van der Waals surface area contributed by atoms with Gasteiger partial charge in [0.05, 0.1) is 12.7 Å². The number of Topliss-reactive ketones (excluding diaryl/α,β-unsaturated/α-hetero) is 1. The van der Waals surface area contributed by atoms with Crippen LogP contribution in [-0.4, -0.2) is 18.5 Å². The molecule has 1 heterocycles. The van der Waals surface area contributed by atoms with Crippen molar-refractivity contribution in [2.75, 3.05) is 6.61 Å². The molecule has 1 aliphatic heterocycles. The average Bonchev–Trinajstić information content (AvgIpc) is 2.56. The van der Waals surface area contributed by atoms with E-state index in [1.165, 1.54) is 0 Å². The number of benzene rings is 1. The van der Waals surface area contributed by atoms with Crippen molar-refractivity contribution in [3.05, 3.63) is 48.0 Å². The molecule has 0 saturated carbocycles. The first kappa shape index (κ1) is 16.9. The maximum atomic E-state index is 12.5. The number of ether oxygens (including phenoxy) is 2. The van der Waals surface area contributed by atoms with Gasteiger partial charge in [-0.2, -0.15) is 0 Å². The summed E-state index contributed by atoms with van der Waals surface area (Å²) in [6.07, 6.45) is 5.65. The Hall–Kier alpha value is -1.45. The van der Waals surface area contributed by atoms with Crippen LogP contribution in [0.1, 0.15) is 51.9 Å². The highest BCUT2D eigenvalue weighted by Crippen LogP contribution is 2.36. The van der Waals surface area contributed by atoms with Crippen LogP contribution in [-0.2, 0) is 14.3 Å². The van der Waals surface area contributed by atoms with Crippen molar-refractivity contribution >= 4 is 5.78 Å². The molecule has 0 aromatic heterocycles. The first-order chi connectivity index (χ1) is 10.6. The van der Waals surface area contributed by atoms with Gasteiger partial charge in [0.1, 0.15) is 5.78 Å². The molecule has 120 valence electrons. The van der Waals surface area contributed by atoms with Crippen molar-refractivity contribution in [1.29, 1.82) is 0 Å². The van der Waals surface area contributed by atoms with Crippen LogP contribution in [0.15, 0.2) is 42.5 Å². The predicted molar refractivity (Wildman–Crippen MR) is 87.5 cm³/mol. The van der Waals surface area contributed by atoms with Crippen molar-refractivity contribution < 1.29 is 14.3 Å². The molecule has 1 fully saturated rings. The SMILES string of the molecule is CC=CCCC(=O)C(C)(C)[C@@H]1CCOC(c2ccccc2)O1. The topological polar surface area (TPSA) is 35.5 Å². The third kappa shape index (κ3) is 4.05. The number of hydrogen-bond acceptors (Lipinski definition) is 3. The molecule has 1 saturated heterocycles. The monoisotopic (exact) mass is 302 g/mol. The maximum absolute atomic E-state index is 12.5. The summed E-state index contributed by atoms with van der Waals surface area (Å²) in [5.74, 6) is 0.254. The van der Waals surface area contributed by atoms with Gasteiger partial charge in [0.15, 0.2) is 6.29 Å². The molecule has 0 N–H and O–H groups in total. The van der Waals surface area contributed by atoms with Crippen LogP contribution in [0.25, 0.3) is 0 Å². The first-order valence-corrected chi connectivity index (χ1v) is 8.02. The van der Waals surface area contributed by atoms with Crippen molar-refractivity contribution in [3.63, 3.8) is 0 Å². The summed E-state index contributed by atoms with van der Waals surface area (Å²) in [4.78, 5) is 12.5. The zero-order chi connectivity index (χ0) is 16.0. The molecule has 1 aliphatic rings. The Bertz CT molecular complexity index is 505. The highest BCUT2D eigenvalue weighted by molar-refractivity contribution is 5.84. The minimum absolute atomic E-state index is 0.107. The van der Waals surface area contributed by atoms with Gasteiger partial charge in [-0.05, 0) is 19.8 Å². The van der Waals surface area contributed by atoms with Gasteiger partial charge in [-0.1, -0.05) is 56.3 Å². The van der Waals surface area contributed by atoms with Gasteiger partial charge in [0, 0.05) is 17.4 Å². The van der Waals surface area contributed by atoms with Crippen LogP contribution in [0.2, 0.25) is 0 Å². The van der Waals surface area contributed by atoms with Gasteiger partial charge < -0.3 is 9.47 Å². The molecule has 3 nitrogen and oxygen atoms in total. The summed E-state index contributed by atoms with van der Waals surface area (Å²) < 4.78 is 11.8. The van der Waals surface area contributed by atoms with Crippen LogP contribution < -0.4 is 0 Å². The minimum atomic E-state index is -0.488. The van der Waals surface area contributed by atoms with E-state index in [1.807, 2.05) is 63.3 Å². The zero-order valence-electron chi connectivity index (χ0n) is 13.7. The largest absolute Gasteiger partial charge is 0.348 e. The van der Waals surface area contributed by atoms with Crippen LogP contribution in [0.4, 0.5) is 0 Å². The Morgan fingerprint density at radius 2 is 2.05 bits per heavy atom. The molecule has 2 atom stereocenters. The first-order valence-electron chi connectivity index (χ1n) is 8.02. The van der Waals surface area contributed by atoms with Gasteiger partial charge in [0.2, 0.25) is 0 Å². The zero-order valence-corrected chi connectivity index (χ0v) is 13.7. The molecule has 2 rings (SSSR count). The van der Waals surface area contributed by atoms with E-state index in [2.05, 4.69) is 0 Å². The van der Waals surface area contributed by atoms with Gasteiger partial charge >= 0.3 is 0 Å². The average molecular weight is 302 g/mol. The lowest BCUT2D eigenvalue weighted by Gasteiger charge is -2.39. The fraction of sp³-hybridized carbons (Fsp3) is 0.526. The smallest absolute Gasteiger partial charge is 0.184 e. The minimum Gasteiger partial charge on any atom is -0.348 e. The Labute approximate surface area is 133 Å². The van der Waals surface area contributed by atoms with E-state index in [1.54, 1.807) is 0 Å². The summed E-state index contributed by atoms with van der Waals surface area (Å²) in [7, 11) is 0. The number of rotatable bonds is 6. The molecule has 3 heteroatoms. The molecule has 0 bridgehead atoms. The predicted octanol–water partition coefficient (Wildman–Crippen LogP) is 4.44. The summed E-state index contributed by atoms with van der Waals surface area (Å²) in [6.45, 7) is 6.57. The van der Waals surface area contributed by atoms with Crippen molar-refractivity contribution in [1.82, 2.24) is 0 Å². The lowest BCUT2D eigenvalue weighted by molar-refractivity contribution is -0.238. The fourth-order valence-corrected chi connectivity index (χ4v) is 2.74. The summed E-state index contributed by atoms with van der Waals surface area (Å²) >= 11 is 0. The van der Waals surface area contributed by atoms with E-state index in [0.717, 1.165) is 18.4 Å². The molecule has 1 aromatic carbocycles. The number of hydrogen-bond donors (Lipinski definition) is 0. The molecular formula is C19H26O3. The Morgan fingerprint density at radius 1 is 1.32 bits per heavy atom. The highest BCUT2D eigenvalue weighted by Gasteiger charge is 2.40. The lowest BCUT2D eigenvalue weighted by atomic mass is 9.78. The molecule has 0 amide bonds. The highest BCUT2D eigenvalue weighted by atomic mass is 16.7. The fourth-order valence-electron chi connectivity index (χ4n) is 2.74. The number of ketones is 1. The van der Waals surface area contributed by atoms with E-state index in [-0.39, 0.29) is 18.2 Å². The molecule has 0 aliphatic carbocycles. The summed E-state index contributed by atoms with van der Waals surface area (Å²) in [5, 5.41) is 0. The van der Waals surface area contributed by atoms with Gasteiger partial charge in [0.25, 0.3) is 0 Å². The number of carbonyl (C=O) groups excluding carboxylic acids is 1. The van der Waals surface area contributed by atoms with Crippen LogP contribution in [0, 0.1) is 5.41 Å². The van der Waals surface area contributed by atoms with Gasteiger partial charge in [-0.15, -0.1) is 0 Å². The summed E-state index contributed by atoms with van der Waals surface area (Å²) in [6, 6.07) is 9.90. The molecular weight excluding hydrogens is 276 g/mol. The third-order valence-corrected chi connectivity index (χ3v) is 4.31. The van der Waals surface area contributed by atoms with Crippen LogP contribution in [0.3, 0.4) is 0 Å². The Morgan fingerprint density at radius 3 is 2.73 bits per heavy atom. The molecule has 1 aromatic rings. The molecule has 0 radical (unpaired) electrons. The number of allylic oxidation sites excluding steroid dienone is 2. The molecule has 1 unspecified atom stereocenters. The third-order valence-electron chi connectivity index (χ3n) is 4.31. The van der Waals surface area contributed by atoms with Gasteiger partial charge in [-0.3, -0.25) is 4.79 Å². The van der Waals surface area contributed by atoms with Crippen molar-refractivity contribution in [3.8, 4) is 0 Å². The second-order valence-corrected chi connectivity index (χ2v) is 6.28. The van der Waals surface area contributed by atoms with Gasteiger partial charge in [-0.25, -0.2) is 0 Å². The quantitative estimate of drug-likeness (QED) is 0.729. The van der Waals surface area contributed by atoms with Crippen LogP contribution >= 0.6 is 0 Å². The molecule has 22 heavy (non-hydrogen) atoms. The normalized spacial score (nSPS) is 22.9. The van der Waals surface area contributed by atoms with E-state index < -0.39 is 5.41 Å².